The van der Waals surface area contributed by atoms with E-state index >= 15 is 0 Å². The zero-order valence-electron chi connectivity index (χ0n) is 18.8. The van der Waals surface area contributed by atoms with Gasteiger partial charge in [0.1, 0.15) is 18.1 Å². The third-order valence-electron chi connectivity index (χ3n) is 5.82. The molecule has 1 saturated heterocycles. The van der Waals surface area contributed by atoms with Crippen LogP contribution in [0.4, 0.5) is 5.69 Å². The van der Waals surface area contributed by atoms with E-state index in [0.29, 0.717) is 11.3 Å². The predicted octanol–water partition coefficient (Wildman–Crippen LogP) is 4.26. The first-order valence-electron chi connectivity index (χ1n) is 10.9. The molecule has 7 heteroatoms. The van der Waals surface area contributed by atoms with E-state index in [2.05, 4.69) is 21.4 Å². The van der Waals surface area contributed by atoms with Crippen LogP contribution in [0, 0.1) is 20.8 Å². The van der Waals surface area contributed by atoms with E-state index in [0.717, 1.165) is 61.0 Å². The maximum atomic E-state index is 13.0. The van der Waals surface area contributed by atoms with Crippen LogP contribution in [0.1, 0.15) is 38.5 Å². The van der Waals surface area contributed by atoms with Crippen molar-refractivity contribution in [3.63, 3.8) is 0 Å². The lowest BCUT2D eigenvalue weighted by atomic mass is 10.1. The molecule has 1 aliphatic heterocycles. The van der Waals surface area contributed by atoms with E-state index in [1.807, 2.05) is 50.2 Å². The third kappa shape index (κ3) is 5.18. The van der Waals surface area contributed by atoms with Gasteiger partial charge in [-0.05, 0) is 55.7 Å². The number of nitrogens with zero attached hydrogens (tertiary/aromatic N) is 2. The summed E-state index contributed by atoms with van der Waals surface area (Å²) >= 11 is 0. The van der Waals surface area contributed by atoms with Crippen molar-refractivity contribution in [1.82, 2.24) is 10.1 Å². The van der Waals surface area contributed by atoms with Crippen molar-refractivity contribution in [2.45, 2.75) is 33.9 Å². The van der Waals surface area contributed by atoms with Crippen LogP contribution < -0.4 is 10.1 Å². The lowest BCUT2D eigenvalue weighted by Gasteiger charge is -2.26. The zero-order valence-corrected chi connectivity index (χ0v) is 18.8. The fraction of sp³-hybridized carbons (Fsp3) is 0.360. The number of amides is 1. The lowest BCUT2D eigenvalue weighted by Crippen LogP contribution is -2.35. The van der Waals surface area contributed by atoms with Crippen LogP contribution in [0.3, 0.4) is 0 Å². The summed E-state index contributed by atoms with van der Waals surface area (Å²) in [6.45, 7) is 10.2. The van der Waals surface area contributed by atoms with Gasteiger partial charge in [-0.25, -0.2) is 0 Å². The number of nitrogens with one attached hydrogen (secondary N) is 1. The monoisotopic (exact) mass is 435 g/mol. The van der Waals surface area contributed by atoms with Gasteiger partial charge in [-0.1, -0.05) is 29.4 Å². The van der Waals surface area contributed by atoms with Gasteiger partial charge >= 0.3 is 0 Å². The number of benzene rings is 2. The van der Waals surface area contributed by atoms with Gasteiger partial charge < -0.3 is 19.3 Å². The quantitative estimate of drug-likeness (QED) is 0.598. The molecule has 0 spiro atoms. The minimum Gasteiger partial charge on any atom is -0.488 e. The molecule has 0 bridgehead atoms. The lowest BCUT2D eigenvalue weighted by molar-refractivity contribution is 0.0342. The number of hydrogen-bond acceptors (Lipinski definition) is 6. The third-order valence-corrected chi connectivity index (χ3v) is 5.82. The normalized spacial score (nSPS) is 14.3. The molecule has 0 aliphatic carbocycles. The summed E-state index contributed by atoms with van der Waals surface area (Å²) in [5, 5.41) is 6.94. The molecule has 0 radical (unpaired) electrons. The first-order valence-corrected chi connectivity index (χ1v) is 10.9. The van der Waals surface area contributed by atoms with Gasteiger partial charge in [0.05, 0.1) is 18.8 Å². The van der Waals surface area contributed by atoms with Crippen LogP contribution >= 0.6 is 0 Å². The minimum atomic E-state index is -0.315. The highest BCUT2D eigenvalue weighted by Crippen LogP contribution is 2.24. The Bertz CT molecular complexity index is 1090. The van der Waals surface area contributed by atoms with Crippen molar-refractivity contribution in [3.05, 3.63) is 76.2 Å². The number of carbonyl (C=O) groups excluding carboxylic acids is 1. The SMILES string of the molecule is Cc1cccc(OCc2c(C(=O)Nc3cccc(CN4CCOCC4)c3)noc2C)c1C. The second kappa shape index (κ2) is 9.97. The first-order chi connectivity index (χ1) is 15.5. The summed E-state index contributed by atoms with van der Waals surface area (Å²) in [5.41, 5.74) is 4.98. The van der Waals surface area contributed by atoms with Crippen LogP contribution in [0.25, 0.3) is 0 Å². The molecule has 1 fully saturated rings. The average Bonchev–Trinajstić information content (AvgIpc) is 3.16. The Hall–Kier alpha value is -3.16. The van der Waals surface area contributed by atoms with E-state index in [-0.39, 0.29) is 18.2 Å². The smallest absolute Gasteiger partial charge is 0.278 e. The van der Waals surface area contributed by atoms with Crippen LogP contribution in [-0.2, 0) is 17.9 Å². The van der Waals surface area contributed by atoms with Gasteiger partial charge in [0.15, 0.2) is 5.69 Å². The maximum absolute atomic E-state index is 13.0. The maximum Gasteiger partial charge on any atom is 0.278 e. The largest absolute Gasteiger partial charge is 0.488 e. The van der Waals surface area contributed by atoms with Gasteiger partial charge in [-0.2, -0.15) is 0 Å². The average molecular weight is 436 g/mol. The van der Waals surface area contributed by atoms with E-state index < -0.39 is 0 Å². The van der Waals surface area contributed by atoms with Crippen molar-refractivity contribution in [3.8, 4) is 5.75 Å². The van der Waals surface area contributed by atoms with E-state index in [9.17, 15) is 4.79 Å². The van der Waals surface area contributed by atoms with Crippen LogP contribution in [0.2, 0.25) is 0 Å². The summed E-state index contributed by atoms with van der Waals surface area (Å²) in [6, 6.07) is 13.8. The number of carbonyl (C=O) groups is 1. The van der Waals surface area contributed by atoms with E-state index in [1.54, 1.807) is 6.92 Å². The zero-order chi connectivity index (χ0) is 22.5. The Labute approximate surface area is 188 Å². The number of morpholine rings is 1. The van der Waals surface area contributed by atoms with Crippen LogP contribution in [-0.4, -0.2) is 42.3 Å². The molecule has 7 nitrogen and oxygen atoms in total. The first kappa shape index (κ1) is 22.0. The summed E-state index contributed by atoms with van der Waals surface area (Å²) in [7, 11) is 0. The van der Waals surface area contributed by atoms with E-state index in [1.165, 1.54) is 0 Å². The number of hydrogen-bond donors (Lipinski definition) is 1. The summed E-state index contributed by atoms with van der Waals surface area (Å²) in [5.74, 6) is 1.04. The molecular formula is C25H29N3O4. The Morgan fingerprint density at radius 1 is 1.12 bits per heavy atom. The molecule has 168 valence electrons. The number of ether oxygens (including phenoxy) is 2. The number of anilines is 1. The summed E-state index contributed by atoms with van der Waals surface area (Å²) in [4.78, 5) is 15.3. The second-order valence-electron chi connectivity index (χ2n) is 8.10. The highest BCUT2D eigenvalue weighted by molar-refractivity contribution is 6.03. The Morgan fingerprint density at radius 2 is 1.91 bits per heavy atom. The van der Waals surface area contributed by atoms with Gasteiger partial charge in [0, 0.05) is 25.3 Å². The highest BCUT2D eigenvalue weighted by atomic mass is 16.5. The minimum absolute atomic E-state index is 0.208. The van der Waals surface area contributed by atoms with Crippen LogP contribution in [0.5, 0.6) is 5.75 Å². The molecule has 1 amide bonds. The van der Waals surface area contributed by atoms with Crippen molar-refractivity contribution in [2.75, 3.05) is 31.6 Å². The van der Waals surface area contributed by atoms with Crippen molar-refractivity contribution in [1.29, 1.82) is 0 Å². The molecule has 1 aliphatic rings. The molecule has 32 heavy (non-hydrogen) atoms. The van der Waals surface area contributed by atoms with Gasteiger partial charge in [0.2, 0.25) is 0 Å². The fourth-order valence-corrected chi connectivity index (χ4v) is 3.73. The Balaban J connectivity index is 1.44. The van der Waals surface area contributed by atoms with Crippen molar-refractivity contribution < 1.29 is 18.8 Å². The predicted molar refractivity (Wildman–Crippen MR) is 122 cm³/mol. The second-order valence-corrected chi connectivity index (χ2v) is 8.10. The molecule has 0 unspecified atom stereocenters. The van der Waals surface area contributed by atoms with E-state index in [4.69, 9.17) is 14.0 Å². The molecule has 1 aromatic heterocycles. The Morgan fingerprint density at radius 3 is 2.72 bits per heavy atom. The molecule has 2 heterocycles. The number of aromatic nitrogens is 1. The van der Waals surface area contributed by atoms with Gasteiger partial charge in [-0.15, -0.1) is 0 Å². The standard InChI is InChI=1S/C25H29N3O4/c1-17-6-4-9-23(18(17)2)31-16-22-19(3)32-27-24(22)25(29)26-21-8-5-7-20(14-21)15-28-10-12-30-13-11-28/h4-9,14H,10-13,15-16H2,1-3H3,(H,26,29). The van der Waals surface area contributed by atoms with Gasteiger partial charge in [-0.3, -0.25) is 9.69 Å². The van der Waals surface area contributed by atoms with Gasteiger partial charge in [0.25, 0.3) is 5.91 Å². The topological polar surface area (TPSA) is 76.8 Å². The molecule has 0 atom stereocenters. The summed E-state index contributed by atoms with van der Waals surface area (Å²) < 4.78 is 16.7. The molecule has 4 rings (SSSR count). The highest BCUT2D eigenvalue weighted by Gasteiger charge is 2.21. The molecule has 3 aromatic rings. The summed E-state index contributed by atoms with van der Waals surface area (Å²) in [6.07, 6.45) is 0. The van der Waals surface area contributed by atoms with Crippen LogP contribution in [0.15, 0.2) is 47.0 Å². The number of aryl methyl sites for hydroxylation is 2. The Kier molecular flexibility index (Phi) is 6.87. The van der Waals surface area contributed by atoms with Crippen molar-refractivity contribution in [2.24, 2.45) is 0 Å². The van der Waals surface area contributed by atoms with Crippen molar-refractivity contribution >= 4 is 11.6 Å². The number of rotatable bonds is 7. The molecule has 0 saturated carbocycles. The fourth-order valence-electron chi connectivity index (χ4n) is 3.73. The molecule has 2 aromatic carbocycles. The molecular weight excluding hydrogens is 406 g/mol. The molecule has 1 N–H and O–H groups in total.